The molecule has 0 spiro atoms. The second-order valence-electron chi connectivity index (χ2n) is 3.33. The molecule has 0 saturated heterocycles. The highest BCUT2D eigenvalue weighted by atomic mass is 16.5. The monoisotopic (exact) mass is 211 g/mol. The lowest BCUT2D eigenvalue weighted by Gasteiger charge is -2.02. The molecule has 0 saturated carbocycles. The minimum Gasteiger partial charge on any atom is -0.481 e. The minimum atomic E-state index is -0.937. The highest BCUT2D eigenvalue weighted by molar-refractivity contribution is 5.89. The standard InChI is InChI=1S/C10H13NO4/c1-5-4-7(6(2)9(12)13)11-8(5)10(14)15-3/h4,6,11H,1-3H3,(H,12,13). The second-order valence-corrected chi connectivity index (χ2v) is 3.33. The Hall–Kier alpha value is -1.78. The molecule has 1 unspecified atom stereocenters. The van der Waals surface area contributed by atoms with Crippen molar-refractivity contribution in [3.63, 3.8) is 0 Å². The van der Waals surface area contributed by atoms with Crippen molar-refractivity contribution in [1.82, 2.24) is 4.98 Å². The number of carbonyl (C=O) groups excluding carboxylic acids is 1. The molecule has 5 nitrogen and oxygen atoms in total. The van der Waals surface area contributed by atoms with E-state index in [1.54, 1.807) is 19.9 Å². The van der Waals surface area contributed by atoms with Crippen LogP contribution in [0.1, 0.15) is 34.6 Å². The highest BCUT2D eigenvalue weighted by Gasteiger charge is 2.20. The Labute approximate surface area is 87.1 Å². The van der Waals surface area contributed by atoms with Crippen LogP contribution >= 0.6 is 0 Å². The first-order chi connectivity index (χ1) is 6.97. The number of methoxy groups -OCH3 is 1. The summed E-state index contributed by atoms with van der Waals surface area (Å²) in [5, 5.41) is 8.80. The van der Waals surface area contributed by atoms with Gasteiger partial charge >= 0.3 is 11.9 Å². The summed E-state index contributed by atoms with van der Waals surface area (Å²) in [6.07, 6.45) is 0. The molecule has 0 bridgehead atoms. The van der Waals surface area contributed by atoms with E-state index in [9.17, 15) is 9.59 Å². The number of ether oxygens (including phenoxy) is 1. The molecule has 0 aliphatic carbocycles. The molecule has 1 rings (SSSR count). The molecule has 0 aliphatic rings. The van der Waals surface area contributed by atoms with Gasteiger partial charge < -0.3 is 14.8 Å². The van der Waals surface area contributed by atoms with Crippen LogP contribution in [0.3, 0.4) is 0 Å². The Morgan fingerprint density at radius 3 is 2.60 bits per heavy atom. The van der Waals surface area contributed by atoms with Gasteiger partial charge in [-0.05, 0) is 25.5 Å². The van der Waals surface area contributed by atoms with Gasteiger partial charge in [0.05, 0.1) is 13.0 Å². The van der Waals surface area contributed by atoms with Crippen LogP contribution in [0.25, 0.3) is 0 Å². The maximum Gasteiger partial charge on any atom is 0.354 e. The summed E-state index contributed by atoms with van der Waals surface area (Å²) >= 11 is 0. The first-order valence-corrected chi connectivity index (χ1v) is 4.48. The van der Waals surface area contributed by atoms with E-state index in [1.807, 2.05) is 0 Å². The van der Waals surface area contributed by atoms with Crippen LogP contribution in [0.5, 0.6) is 0 Å². The second kappa shape index (κ2) is 4.16. The molecule has 0 aromatic carbocycles. The lowest BCUT2D eigenvalue weighted by molar-refractivity contribution is -0.138. The van der Waals surface area contributed by atoms with Crippen molar-refractivity contribution >= 4 is 11.9 Å². The number of H-pyrrole nitrogens is 1. The van der Waals surface area contributed by atoms with Crippen molar-refractivity contribution in [3.05, 3.63) is 23.0 Å². The number of aryl methyl sites for hydroxylation is 1. The molecule has 1 heterocycles. The van der Waals surface area contributed by atoms with E-state index in [1.165, 1.54) is 7.11 Å². The number of esters is 1. The summed E-state index contributed by atoms with van der Waals surface area (Å²) in [6.45, 7) is 3.27. The summed E-state index contributed by atoms with van der Waals surface area (Å²) in [6, 6.07) is 1.64. The first-order valence-electron chi connectivity index (χ1n) is 4.48. The number of aliphatic carboxylic acids is 1. The van der Waals surface area contributed by atoms with Crippen molar-refractivity contribution in [1.29, 1.82) is 0 Å². The molecule has 1 aromatic rings. The molecule has 1 aromatic heterocycles. The Balaban J connectivity index is 3.05. The van der Waals surface area contributed by atoms with Crippen LogP contribution in [-0.4, -0.2) is 29.1 Å². The molecule has 0 radical (unpaired) electrons. The summed E-state index contributed by atoms with van der Waals surface area (Å²) in [7, 11) is 1.28. The Kier molecular flexibility index (Phi) is 3.14. The van der Waals surface area contributed by atoms with Gasteiger partial charge in [-0.1, -0.05) is 0 Å². The predicted octanol–water partition coefficient (Wildman–Crippen LogP) is 1.30. The Morgan fingerprint density at radius 2 is 2.13 bits per heavy atom. The van der Waals surface area contributed by atoms with E-state index in [2.05, 4.69) is 9.72 Å². The third-order valence-corrected chi connectivity index (χ3v) is 2.26. The van der Waals surface area contributed by atoms with Gasteiger partial charge in [0.1, 0.15) is 5.69 Å². The topological polar surface area (TPSA) is 79.4 Å². The van der Waals surface area contributed by atoms with Crippen molar-refractivity contribution in [2.45, 2.75) is 19.8 Å². The number of hydrogen-bond donors (Lipinski definition) is 2. The molecule has 82 valence electrons. The number of nitrogens with one attached hydrogen (secondary N) is 1. The lowest BCUT2D eigenvalue weighted by atomic mass is 10.1. The number of rotatable bonds is 3. The molecular formula is C10H13NO4. The van der Waals surface area contributed by atoms with E-state index in [4.69, 9.17) is 5.11 Å². The van der Waals surface area contributed by atoms with Gasteiger partial charge in [0, 0.05) is 5.69 Å². The molecule has 0 aliphatic heterocycles. The molecule has 1 atom stereocenters. The molecule has 0 fully saturated rings. The zero-order valence-corrected chi connectivity index (χ0v) is 8.83. The maximum absolute atomic E-state index is 11.2. The normalized spacial score (nSPS) is 12.2. The van der Waals surface area contributed by atoms with Crippen molar-refractivity contribution in [3.8, 4) is 0 Å². The summed E-state index contributed by atoms with van der Waals surface area (Å²) < 4.78 is 4.55. The fourth-order valence-corrected chi connectivity index (χ4v) is 1.26. The number of carboxylic acid groups (broad SMARTS) is 1. The van der Waals surface area contributed by atoms with Crippen LogP contribution in [-0.2, 0) is 9.53 Å². The van der Waals surface area contributed by atoms with E-state index < -0.39 is 17.9 Å². The van der Waals surface area contributed by atoms with Crippen LogP contribution in [0.4, 0.5) is 0 Å². The van der Waals surface area contributed by atoms with Crippen LogP contribution in [0.2, 0.25) is 0 Å². The first kappa shape index (κ1) is 11.3. The molecule has 0 amide bonds. The summed E-state index contributed by atoms with van der Waals surface area (Å²) in [5.41, 5.74) is 1.49. The summed E-state index contributed by atoms with van der Waals surface area (Å²) in [4.78, 5) is 24.7. The van der Waals surface area contributed by atoms with Crippen molar-refractivity contribution in [2.24, 2.45) is 0 Å². The molecule has 5 heteroatoms. The molecule has 2 N–H and O–H groups in total. The lowest BCUT2D eigenvalue weighted by Crippen LogP contribution is -2.09. The van der Waals surface area contributed by atoms with Gasteiger partial charge in [0.2, 0.25) is 0 Å². The quantitative estimate of drug-likeness (QED) is 0.738. The zero-order valence-electron chi connectivity index (χ0n) is 8.83. The van der Waals surface area contributed by atoms with E-state index in [0.717, 1.165) is 0 Å². The molecule has 15 heavy (non-hydrogen) atoms. The van der Waals surface area contributed by atoms with Gasteiger partial charge in [0.25, 0.3) is 0 Å². The van der Waals surface area contributed by atoms with Gasteiger partial charge in [-0.15, -0.1) is 0 Å². The number of hydrogen-bond acceptors (Lipinski definition) is 3. The number of aromatic nitrogens is 1. The Bertz CT molecular complexity index is 394. The van der Waals surface area contributed by atoms with Crippen LogP contribution in [0, 0.1) is 6.92 Å². The van der Waals surface area contributed by atoms with Crippen LogP contribution < -0.4 is 0 Å². The Morgan fingerprint density at radius 1 is 1.53 bits per heavy atom. The van der Waals surface area contributed by atoms with Crippen molar-refractivity contribution in [2.75, 3.05) is 7.11 Å². The van der Waals surface area contributed by atoms with E-state index in [-0.39, 0.29) is 0 Å². The number of aromatic amines is 1. The molecular weight excluding hydrogens is 198 g/mol. The largest absolute Gasteiger partial charge is 0.481 e. The van der Waals surface area contributed by atoms with Gasteiger partial charge in [-0.2, -0.15) is 0 Å². The zero-order chi connectivity index (χ0) is 11.6. The van der Waals surface area contributed by atoms with E-state index >= 15 is 0 Å². The number of carbonyl (C=O) groups is 2. The predicted molar refractivity (Wildman–Crippen MR) is 52.9 cm³/mol. The third kappa shape index (κ3) is 2.18. The van der Waals surface area contributed by atoms with Crippen molar-refractivity contribution < 1.29 is 19.4 Å². The average molecular weight is 211 g/mol. The maximum atomic E-state index is 11.2. The summed E-state index contributed by atoms with van der Waals surface area (Å²) in [5.74, 6) is -2.09. The number of carboxylic acids is 1. The van der Waals surface area contributed by atoms with Gasteiger partial charge in [-0.3, -0.25) is 4.79 Å². The van der Waals surface area contributed by atoms with Crippen LogP contribution in [0.15, 0.2) is 6.07 Å². The fraction of sp³-hybridized carbons (Fsp3) is 0.400. The smallest absolute Gasteiger partial charge is 0.354 e. The SMILES string of the molecule is COC(=O)c1[nH]c(C(C)C(=O)O)cc1C. The third-order valence-electron chi connectivity index (χ3n) is 2.26. The highest BCUT2D eigenvalue weighted by Crippen LogP contribution is 2.18. The minimum absolute atomic E-state index is 0.306. The van der Waals surface area contributed by atoms with E-state index in [0.29, 0.717) is 17.0 Å². The van der Waals surface area contributed by atoms with Gasteiger partial charge in [0.15, 0.2) is 0 Å². The van der Waals surface area contributed by atoms with Gasteiger partial charge in [-0.25, -0.2) is 4.79 Å². The average Bonchev–Trinajstić information content (AvgIpc) is 2.57. The fourth-order valence-electron chi connectivity index (χ4n) is 1.26.